The molecule has 1 saturated heterocycles. The Balaban J connectivity index is 0.000000425. The summed E-state index contributed by atoms with van der Waals surface area (Å²) in [6.07, 6.45) is 2.50. The summed E-state index contributed by atoms with van der Waals surface area (Å²) in [7, 11) is 0. The Morgan fingerprint density at radius 2 is 1.50 bits per heavy atom. The first-order chi connectivity index (χ1) is 9.24. The number of nitrogens with zero attached hydrogens (tertiary/aromatic N) is 3. The second-order valence-corrected chi connectivity index (χ2v) is 5.00. The van der Waals surface area contributed by atoms with Crippen molar-refractivity contribution in [1.82, 2.24) is 5.32 Å². The first-order valence-corrected chi connectivity index (χ1v) is 6.06. The average molecular weight is 288 g/mol. The molecule has 1 heterocycles. The second kappa shape index (κ2) is 5.90. The van der Waals surface area contributed by atoms with Gasteiger partial charge in [-0.25, -0.2) is 0 Å². The van der Waals surface area contributed by atoms with Gasteiger partial charge in [0.15, 0.2) is 6.42 Å². The molecule has 0 aromatic rings. The molecule has 20 heavy (non-hydrogen) atoms. The van der Waals surface area contributed by atoms with E-state index >= 15 is 0 Å². The van der Waals surface area contributed by atoms with Crippen LogP contribution in [0.25, 0.3) is 0 Å². The van der Waals surface area contributed by atoms with Crippen molar-refractivity contribution in [3.63, 3.8) is 0 Å². The van der Waals surface area contributed by atoms with E-state index in [1.165, 1.54) is 19.5 Å². The van der Waals surface area contributed by atoms with Crippen LogP contribution in [-0.4, -0.2) is 39.1 Å². The Hall–Kier alpha value is -2.10. The van der Waals surface area contributed by atoms with Gasteiger partial charge in [0, 0.05) is 11.8 Å². The lowest BCUT2D eigenvalue weighted by molar-refractivity contribution is -0.804. The minimum absolute atomic E-state index is 0.434. The van der Waals surface area contributed by atoms with Crippen LogP contribution < -0.4 is 5.32 Å². The molecule has 0 bridgehead atoms. The molecule has 10 nitrogen and oxygen atoms in total. The first-order valence-electron chi connectivity index (χ1n) is 6.06. The summed E-state index contributed by atoms with van der Waals surface area (Å²) in [5.41, 5.74) is -4.26. The lowest BCUT2D eigenvalue weighted by atomic mass is 9.82. The van der Waals surface area contributed by atoms with E-state index in [4.69, 9.17) is 0 Å². The molecule has 0 spiro atoms. The molecule has 0 aromatic heterocycles. The van der Waals surface area contributed by atoms with Gasteiger partial charge in [0.25, 0.3) is 5.54 Å². The fraction of sp³-hybridized carbons (Fsp3) is 0.800. The summed E-state index contributed by atoms with van der Waals surface area (Å²) in [5, 5.41) is 35.3. The Kier molecular flexibility index (Phi) is 4.71. The highest BCUT2D eigenvalue weighted by Crippen LogP contribution is 2.35. The molecule has 0 amide bonds. The Bertz CT molecular complexity index is 429. The molecule has 2 aliphatic rings. The number of nitro groups is 3. The molecule has 2 rings (SSSR count). The molecule has 1 aliphatic heterocycles. The third kappa shape index (κ3) is 3.07. The summed E-state index contributed by atoms with van der Waals surface area (Å²) < 4.78 is 0. The maximum absolute atomic E-state index is 10.7. The van der Waals surface area contributed by atoms with Gasteiger partial charge in [0.1, 0.15) is 6.42 Å². The van der Waals surface area contributed by atoms with E-state index in [1.54, 1.807) is 0 Å². The third-order valence-electron chi connectivity index (χ3n) is 3.37. The lowest BCUT2D eigenvalue weighted by Gasteiger charge is -2.25. The normalized spacial score (nSPS) is 26.6. The van der Waals surface area contributed by atoms with Crippen LogP contribution in [0, 0.1) is 30.3 Å². The van der Waals surface area contributed by atoms with Crippen LogP contribution >= 0.6 is 0 Å². The van der Waals surface area contributed by atoms with Crippen molar-refractivity contribution in [2.45, 2.75) is 37.4 Å². The summed E-state index contributed by atoms with van der Waals surface area (Å²) in [5.74, 6) is 0. The zero-order chi connectivity index (χ0) is 15.4. The van der Waals surface area contributed by atoms with Gasteiger partial charge < -0.3 is 5.32 Å². The predicted octanol–water partition coefficient (Wildman–Crippen LogP) is 0.601. The standard InChI is InChI=1S/C7H9N3O6.C3H7N/c1-6(8(11)12)3-2-4-7(5-6,9(13)14)10(15)16;1-2-4-3-1/h2-3H,4-5H2,1H3;4H,1-3H2. The molecular formula is C10H16N4O6. The average Bonchev–Trinajstić information content (AvgIpc) is 2.25. The lowest BCUT2D eigenvalue weighted by Crippen LogP contribution is -2.54. The molecule has 1 fully saturated rings. The minimum Gasteiger partial charge on any atom is -0.317 e. The van der Waals surface area contributed by atoms with Gasteiger partial charge in [-0.3, -0.25) is 30.3 Å². The zero-order valence-corrected chi connectivity index (χ0v) is 11.0. The van der Waals surface area contributed by atoms with Crippen molar-refractivity contribution in [1.29, 1.82) is 0 Å². The molecule has 0 radical (unpaired) electrons. The van der Waals surface area contributed by atoms with E-state index in [0.29, 0.717) is 0 Å². The predicted molar refractivity (Wildman–Crippen MR) is 68.0 cm³/mol. The zero-order valence-electron chi connectivity index (χ0n) is 11.0. The van der Waals surface area contributed by atoms with Crippen LogP contribution in [-0.2, 0) is 0 Å². The topological polar surface area (TPSA) is 141 Å². The van der Waals surface area contributed by atoms with Crippen molar-refractivity contribution in [3.05, 3.63) is 42.5 Å². The van der Waals surface area contributed by atoms with Crippen LogP contribution in [0.3, 0.4) is 0 Å². The van der Waals surface area contributed by atoms with Gasteiger partial charge in [0.2, 0.25) is 0 Å². The third-order valence-corrected chi connectivity index (χ3v) is 3.37. The molecule has 112 valence electrons. The van der Waals surface area contributed by atoms with Crippen molar-refractivity contribution in [2.24, 2.45) is 0 Å². The highest BCUT2D eigenvalue weighted by Gasteiger charge is 2.64. The van der Waals surface area contributed by atoms with Gasteiger partial charge >= 0.3 is 5.66 Å². The van der Waals surface area contributed by atoms with Crippen LogP contribution in [0.1, 0.15) is 26.2 Å². The fourth-order valence-electron chi connectivity index (χ4n) is 1.85. The second-order valence-electron chi connectivity index (χ2n) is 5.00. The Labute approximate surface area is 114 Å². The van der Waals surface area contributed by atoms with E-state index in [1.807, 2.05) is 0 Å². The Morgan fingerprint density at radius 1 is 1.05 bits per heavy atom. The molecule has 0 aromatic carbocycles. The molecule has 1 aliphatic carbocycles. The van der Waals surface area contributed by atoms with Crippen LogP contribution in [0.4, 0.5) is 0 Å². The van der Waals surface area contributed by atoms with E-state index in [-0.39, 0.29) is 0 Å². The fourth-order valence-corrected chi connectivity index (χ4v) is 1.85. The van der Waals surface area contributed by atoms with Gasteiger partial charge in [-0.2, -0.15) is 0 Å². The number of rotatable bonds is 3. The molecule has 1 N–H and O–H groups in total. The van der Waals surface area contributed by atoms with Gasteiger partial charge in [-0.05, 0) is 25.6 Å². The SMILES string of the molecule is C1CNC1.CC1([N+](=O)[O-])C=CCC([N+](=O)[O-])([N+](=O)[O-])C1. The summed E-state index contributed by atoms with van der Waals surface area (Å²) in [6.45, 7) is 3.63. The quantitative estimate of drug-likeness (QED) is 0.347. The molecule has 10 heteroatoms. The van der Waals surface area contributed by atoms with Gasteiger partial charge in [0.05, 0.1) is 9.85 Å². The minimum atomic E-state index is -2.49. The van der Waals surface area contributed by atoms with E-state index in [9.17, 15) is 30.3 Å². The monoisotopic (exact) mass is 288 g/mol. The Morgan fingerprint density at radius 3 is 1.80 bits per heavy atom. The number of hydrogen-bond acceptors (Lipinski definition) is 7. The van der Waals surface area contributed by atoms with Crippen LogP contribution in [0.5, 0.6) is 0 Å². The summed E-state index contributed by atoms with van der Waals surface area (Å²) in [4.78, 5) is 29.3. The van der Waals surface area contributed by atoms with Crippen molar-refractivity contribution in [3.8, 4) is 0 Å². The number of nitrogens with one attached hydrogen (secondary N) is 1. The summed E-state index contributed by atoms with van der Waals surface area (Å²) in [6, 6.07) is 0. The van der Waals surface area contributed by atoms with Crippen molar-refractivity contribution in [2.75, 3.05) is 13.1 Å². The van der Waals surface area contributed by atoms with Gasteiger partial charge in [-0.15, -0.1) is 0 Å². The van der Waals surface area contributed by atoms with Crippen molar-refractivity contribution < 1.29 is 14.8 Å². The van der Waals surface area contributed by atoms with Gasteiger partial charge in [-0.1, -0.05) is 6.08 Å². The largest absolute Gasteiger partial charge is 0.469 e. The maximum Gasteiger partial charge on any atom is 0.469 e. The maximum atomic E-state index is 10.7. The molecule has 1 atom stereocenters. The summed E-state index contributed by atoms with van der Waals surface area (Å²) >= 11 is 0. The van der Waals surface area contributed by atoms with Crippen molar-refractivity contribution >= 4 is 0 Å². The van der Waals surface area contributed by atoms with E-state index < -0.39 is 38.8 Å². The van der Waals surface area contributed by atoms with Crippen LogP contribution in [0.2, 0.25) is 0 Å². The number of hydrogen-bond donors (Lipinski definition) is 1. The molecule has 0 saturated carbocycles. The molecular weight excluding hydrogens is 272 g/mol. The highest BCUT2D eigenvalue weighted by molar-refractivity contribution is 5.07. The van der Waals surface area contributed by atoms with E-state index in [2.05, 4.69) is 5.32 Å². The highest BCUT2D eigenvalue weighted by atomic mass is 16.7. The smallest absolute Gasteiger partial charge is 0.317 e. The first kappa shape index (κ1) is 16.0. The van der Waals surface area contributed by atoms with E-state index in [0.717, 1.165) is 19.1 Å². The van der Waals surface area contributed by atoms with Crippen LogP contribution in [0.15, 0.2) is 12.2 Å². The molecule has 1 unspecified atom stereocenters.